The van der Waals surface area contributed by atoms with Gasteiger partial charge in [0, 0.05) is 17.1 Å². The second kappa shape index (κ2) is 4.69. The summed E-state index contributed by atoms with van der Waals surface area (Å²) in [6, 6.07) is 14.4. The highest BCUT2D eigenvalue weighted by Crippen LogP contribution is 2.27. The Kier molecular flexibility index (Phi) is 2.88. The molecule has 0 atom stereocenters. The Labute approximate surface area is 112 Å². The normalized spacial score (nSPS) is 10.8. The molecule has 0 aliphatic rings. The van der Waals surface area contributed by atoms with Gasteiger partial charge in [-0.15, -0.1) is 0 Å². The lowest BCUT2D eigenvalue weighted by Crippen LogP contribution is -1.96. The highest BCUT2D eigenvalue weighted by molar-refractivity contribution is 5.86. The van der Waals surface area contributed by atoms with Crippen LogP contribution >= 0.6 is 0 Å². The zero-order chi connectivity index (χ0) is 13.2. The number of fused-ring (bicyclic) bond motifs is 1. The van der Waals surface area contributed by atoms with Crippen LogP contribution in [0.5, 0.6) is 0 Å². The topological polar surface area (TPSA) is 51.8 Å². The van der Waals surface area contributed by atoms with Crippen molar-refractivity contribution in [3.8, 4) is 11.1 Å². The zero-order valence-corrected chi connectivity index (χ0v) is 10.8. The van der Waals surface area contributed by atoms with Crippen LogP contribution in [0, 0.1) is 0 Å². The van der Waals surface area contributed by atoms with Crippen molar-refractivity contribution in [3.05, 3.63) is 54.2 Å². The molecule has 3 nitrogen and oxygen atoms in total. The summed E-state index contributed by atoms with van der Waals surface area (Å²) >= 11 is 0. The summed E-state index contributed by atoms with van der Waals surface area (Å²) in [4.78, 5) is 8.57. The summed E-state index contributed by atoms with van der Waals surface area (Å²) in [5.74, 6) is 0.524. The molecule has 0 saturated carbocycles. The number of nitrogens with two attached hydrogens (primary N) is 1. The van der Waals surface area contributed by atoms with E-state index < -0.39 is 0 Å². The number of pyridine rings is 2. The van der Waals surface area contributed by atoms with E-state index in [2.05, 4.69) is 41.2 Å². The number of rotatable bonds is 2. The van der Waals surface area contributed by atoms with Gasteiger partial charge < -0.3 is 5.73 Å². The molecule has 2 aromatic heterocycles. The molecule has 19 heavy (non-hydrogen) atoms. The molecule has 0 saturated heterocycles. The molecular weight excluding hydrogens is 234 g/mol. The van der Waals surface area contributed by atoms with Gasteiger partial charge in [-0.2, -0.15) is 0 Å². The third-order valence-corrected chi connectivity index (χ3v) is 3.29. The van der Waals surface area contributed by atoms with Crippen LogP contribution in [0.3, 0.4) is 0 Å². The molecule has 94 valence electrons. The lowest BCUT2D eigenvalue weighted by molar-refractivity contribution is 1.14. The van der Waals surface area contributed by atoms with Crippen molar-refractivity contribution < 1.29 is 0 Å². The van der Waals surface area contributed by atoms with Crippen molar-refractivity contribution in [2.24, 2.45) is 0 Å². The maximum atomic E-state index is 6.04. The van der Waals surface area contributed by atoms with E-state index in [-0.39, 0.29) is 0 Å². The minimum atomic E-state index is 0.524. The van der Waals surface area contributed by atoms with Crippen molar-refractivity contribution in [3.63, 3.8) is 0 Å². The van der Waals surface area contributed by atoms with Gasteiger partial charge in [-0.25, -0.2) is 9.97 Å². The van der Waals surface area contributed by atoms with Crippen molar-refractivity contribution in [2.75, 3.05) is 5.73 Å². The van der Waals surface area contributed by atoms with Gasteiger partial charge in [-0.3, -0.25) is 0 Å². The van der Waals surface area contributed by atoms with E-state index in [9.17, 15) is 0 Å². The van der Waals surface area contributed by atoms with Crippen LogP contribution in [0.2, 0.25) is 0 Å². The Morgan fingerprint density at radius 1 is 1.11 bits per heavy atom. The first-order valence-corrected chi connectivity index (χ1v) is 6.38. The summed E-state index contributed by atoms with van der Waals surface area (Å²) in [6.07, 6.45) is 2.76. The molecule has 2 heterocycles. The highest BCUT2D eigenvalue weighted by Gasteiger charge is 2.06. The predicted octanol–water partition coefficient (Wildman–Crippen LogP) is 3.44. The van der Waals surface area contributed by atoms with Gasteiger partial charge in [0.1, 0.15) is 5.82 Å². The van der Waals surface area contributed by atoms with E-state index >= 15 is 0 Å². The quantitative estimate of drug-likeness (QED) is 0.757. The van der Waals surface area contributed by atoms with Gasteiger partial charge >= 0.3 is 0 Å². The Morgan fingerprint density at radius 3 is 2.63 bits per heavy atom. The average Bonchev–Trinajstić information content (AvgIpc) is 2.47. The fourth-order valence-electron chi connectivity index (χ4n) is 2.17. The Hall–Kier alpha value is -2.42. The van der Waals surface area contributed by atoms with Crippen LogP contribution in [0.1, 0.15) is 12.5 Å². The van der Waals surface area contributed by atoms with E-state index in [4.69, 9.17) is 5.73 Å². The first kappa shape index (κ1) is 11.7. The van der Waals surface area contributed by atoms with Crippen molar-refractivity contribution in [1.82, 2.24) is 9.97 Å². The number of nitrogen functional groups attached to an aromatic ring is 1. The molecule has 0 radical (unpaired) electrons. The monoisotopic (exact) mass is 249 g/mol. The molecular formula is C16H15N3. The van der Waals surface area contributed by atoms with Crippen molar-refractivity contribution >= 4 is 16.9 Å². The van der Waals surface area contributed by atoms with Crippen molar-refractivity contribution in [1.29, 1.82) is 0 Å². The van der Waals surface area contributed by atoms with E-state index in [0.717, 1.165) is 22.9 Å². The fraction of sp³-hybridized carbons (Fsp3) is 0.125. The fourth-order valence-corrected chi connectivity index (χ4v) is 2.17. The minimum absolute atomic E-state index is 0.524. The molecule has 0 unspecified atom stereocenters. The van der Waals surface area contributed by atoms with Gasteiger partial charge in [0.05, 0.1) is 0 Å². The maximum Gasteiger partial charge on any atom is 0.161 e. The average molecular weight is 249 g/mol. The Morgan fingerprint density at radius 2 is 1.89 bits per heavy atom. The smallest absolute Gasteiger partial charge is 0.161 e. The van der Waals surface area contributed by atoms with E-state index in [1.54, 1.807) is 6.20 Å². The lowest BCUT2D eigenvalue weighted by atomic mass is 10.0. The predicted molar refractivity (Wildman–Crippen MR) is 78.8 cm³/mol. The molecule has 0 aliphatic carbocycles. The molecule has 0 bridgehead atoms. The summed E-state index contributed by atoms with van der Waals surface area (Å²) in [5.41, 5.74) is 10.1. The molecule has 3 aromatic rings. The molecule has 0 aliphatic heterocycles. The van der Waals surface area contributed by atoms with Gasteiger partial charge in [-0.05, 0) is 35.7 Å². The Balaban J connectivity index is 2.15. The minimum Gasteiger partial charge on any atom is -0.383 e. The summed E-state index contributed by atoms with van der Waals surface area (Å²) < 4.78 is 0. The molecule has 0 spiro atoms. The Bertz CT molecular complexity index is 718. The number of aryl methyl sites for hydroxylation is 1. The van der Waals surface area contributed by atoms with E-state index in [0.29, 0.717) is 11.5 Å². The third kappa shape index (κ3) is 2.15. The third-order valence-electron chi connectivity index (χ3n) is 3.29. The molecule has 1 aromatic carbocycles. The SMILES string of the molecule is CCc1ccc(-c2cc3cccnc3nc2N)cc1. The highest BCUT2D eigenvalue weighted by atomic mass is 14.9. The van der Waals surface area contributed by atoms with Gasteiger partial charge in [-0.1, -0.05) is 31.2 Å². The second-order valence-electron chi connectivity index (χ2n) is 4.52. The zero-order valence-electron chi connectivity index (χ0n) is 10.8. The van der Waals surface area contributed by atoms with Crippen LogP contribution in [-0.2, 0) is 6.42 Å². The van der Waals surface area contributed by atoms with Gasteiger partial charge in [0.2, 0.25) is 0 Å². The van der Waals surface area contributed by atoms with E-state index in [1.807, 2.05) is 18.2 Å². The number of benzene rings is 1. The maximum absolute atomic E-state index is 6.04. The molecule has 2 N–H and O–H groups in total. The number of hydrogen-bond acceptors (Lipinski definition) is 3. The van der Waals surface area contributed by atoms with Crippen LogP contribution in [-0.4, -0.2) is 9.97 Å². The standard InChI is InChI=1S/C16H15N3/c1-2-11-5-7-12(8-6-11)14-10-13-4-3-9-18-16(13)19-15(14)17/h3-10H,2H2,1H3,(H2,17,18,19). The molecule has 3 heteroatoms. The van der Waals surface area contributed by atoms with Gasteiger partial charge in [0.25, 0.3) is 0 Å². The summed E-state index contributed by atoms with van der Waals surface area (Å²) in [6.45, 7) is 2.15. The number of hydrogen-bond donors (Lipinski definition) is 1. The second-order valence-corrected chi connectivity index (χ2v) is 4.52. The molecule has 3 rings (SSSR count). The number of anilines is 1. The first-order chi connectivity index (χ1) is 9.28. The summed E-state index contributed by atoms with van der Waals surface area (Å²) in [7, 11) is 0. The lowest BCUT2D eigenvalue weighted by Gasteiger charge is -2.07. The van der Waals surface area contributed by atoms with Crippen LogP contribution in [0.25, 0.3) is 22.2 Å². The molecule has 0 fully saturated rings. The van der Waals surface area contributed by atoms with E-state index in [1.165, 1.54) is 5.56 Å². The largest absolute Gasteiger partial charge is 0.383 e. The number of aromatic nitrogens is 2. The summed E-state index contributed by atoms with van der Waals surface area (Å²) in [5, 5.41) is 1.01. The van der Waals surface area contributed by atoms with Crippen LogP contribution in [0.4, 0.5) is 5.82 Å². The van der Waals surface area contributed by atoms with Crippen LogP contribution in [0.15, 0.2) is 48.7 Å². The van der Waals surface area contributed by atoms with Crippen molar-refractivity contribution in [2.45, 2.75) is 13.3 Å². The van der Waals surface area contributed by atoms with Gasteiger partial charge in [0.15, 0.2) is 5.65 Å². The number of nitrogens with zero attached hydrogens (tertiary/aromatic N) is 2. The molecule has 0 amide bonds. The first-order valence-electron chi connectivity index (χ1n) is 6.38. The van der Waals surface area contributed by atoms with Crippen LogP contribution < -0.4 is 5.73 Å².